The van der Waals surface area contributed by atoms with Gasteiger partial charge in [-0.2, -0.15) is 0 Å². The van der Waals surface area contributed by atoms with Crippen LogP contribution in [0.2, 0.25) is 0 Å². The Morgan fingerprint density at radius 3 is 2.82 bits per heavy atom. The minimum atomic E-state index is -3.37. The fraction of sp³-hybridized carbons (Fsp3) is 0.579. The van der Waals surface area contributed by atoms with E-state index in [-0.39, 0.29) is 17.7 Å². The number of benzene rings is 1. The van der Waals surface area contributed by atoms with Crippen molar-refractivity contribution in [3.63, 3.8) is 0 Å². The molecule has 1 amide bonds. The Bertz CT molecular complexity index is 892. The number of hydrogen-bond acceptors (Lipinski definition) is 6. The molecule has 1 saturated heterocycles. The maximum absolute atomic E-state index is 12.7. The molecule has 1 N–H and O–H groups in total. The molecule has 3 heterocycles. The third-order valence-corrected chi connectivity index (χ3v) is 7.79. The number of amidine groups is 1. The SMILES string of the molecule is CCCCN1CCC(NC(=O)c2ccc3c(c2)SC2=NS(=O)(=O)CCN23)CC1. The Morgan fingerprint density at radius 1 is 1.29 bits per heavy atom. The molecule has 0 saturated carbocycles. The molecule has 9 heteroatoms. The Morgan fingerprint density at radius 2 is 2.07 bits per heavy atom. The van der Waals surface area contributed by atoms with Crippen LogP contribution < -0.4 is 10.2 Å². The summed E-state index contributed by atoms with van der Waals surface area (Å²) in [6.07, 6.45) is 4.41. The summed E-state index contributed by atoms with van der Waals surface area (Å²) in [6, 6.07) is 5.77. The Kier molecular flexibility index (Phi) is 5.66. The zero-order valence-electron chi connectivity index (χ0n) is 16.1. The van der Waals surface area contributed by atoms with Crippen molar-refractivity contribution in [1.29, 1.82) is 0 Å². The number of rotatable bonds is 5. The average molecular weight is 423 g/mol. The van der Waals surface area contributed by atoms with Gasteiger partial charge in [0.25, 0.3) is 15.9 Å². The fourth-order valence-electron chi connectivity index (χ4n) is 3.82. The van der Waals surface area contributed by atoms with E-state index in [4.69, 9.17) is 0 Å². The number of nitrogens with zero attached hydrogens (tertiary/aromatic N) is 3. The lowest BCUT2D eigenvalue weighted by Crippen LogP contribution is -2.44. The molecule has 3 aliphatic rings. The summed E-state index contributed by atoms with van der Waals surface area (Å²) in [6.45, 7) is 5.83. The molecular formula is C19H26N4O3S2. The smallest absolute Gasteiger partial charge is 0.257 e. The molecule has 0 aromatic heterocycles. The molecule has 0 aliphatic carbocycles. The van der Waals surface area contributed by atoms with E-state index in [1.54, 1.807) is 0 Å². The van der Waals surface area contributed by atoms with Gasteiger partial charge in [-0.3, -0.25) is 4.79 Å². The van der Waals surface area contributed by atoms with E-state index in [0.29, 0.717) is 17.3 Å². The minimum absolute atomic E-state index is 0.0235. The molecule has 0 spiro atoms. The molecule has 1 aromatic rings. The summed E-state index contributed by atoms with van der Waals surface area (Å²) in [7, 11) is -3.37. The molecule has 0 bridgehead atoms. The van der Waals surface area contributed by atoms with E-state index < -0.39 is 10.0 Å². The van der Waals surface area contributed by atoms with Crippen LogP contribution >= 0.6 is 11.8 Å². The van der Waals surface area contributed by atoms with Crippen LogP contribution in [0.15, 0.2) is 27.5 Å². The lowest BCUT2D eigenvalue weighted by Gasteiger charge is -2.32. The maximum Gasteiger partial charge on any atom is 0.257 e. The zero-order valence-corrected chi connectivity index (χ0v) is 17.7. The maximum atomic E-state index is 12.7. The van der Waals surface area contributed by atoms with Crippen molar-refractivity contribution >= 4 is 38.5 Å². The summed E-state index contributed by atoms with van der Waals surface area (Å²) in [4.78, 5) is 18.0. The van der Waals surface area contributed by atoms with E-state index in [1.165, 1.54) is 24.6 Å². The zero-order chi connectivity index (χ0) is 19.7. The number of thioether (sulfide) groups is 1. The van der Waals surface area contributed by atoms with Crippen LogP contribution in [-0.2, 0) is 10.0 Å². The summed E-state index contributed by atoms with van der Waals surface area (Å²) < 4.78 is 27.3. The second-order valence-electron chi connectivity index (χ2n) is 7.54. The van der Waals surface area contributed by atoms with Crippen LogP contribution in [0.3, 0.4) is 0 Å². The van der Waals surface area contributed by atoms with Crippen LogP contribution in [0, 0.1) is 0 Å². The summed E-state index contributed by atoms with van der Waals surface area (Å²) in [5.74, 6) is -0.0368. The summed E-state index contributed by atoms with van der Waals surface area (Å²) in [5.41, 5.74) is 1.54. The Balaban J connectivity index is 1.39. The highest BCUT2D eigenvalue weighted by atomic mass is 32.2. The average Bonchev–Trinajstić information content (AvgIpc) is 3.02. The molecule has 0 radical (unpaired) electrons. The fourth-order valence-corrected chi connectivity index (χ4v) is 6.12. The van der Waals surface area contributed by atoms with Gasteiger partial charge in [-0.25, -0.2) is 8.42 Å². The number of amides is 1. The molecular weight excluding hydrogens is 396 g/mol. The number of piperidine rings is 1. The van der Waals surface area contributed by atoms with Crippen molar-refractivity contribution in [1.82, 2.24) is 10.2 Å². The predicted octanol–water partition coefficient (Wildman–Crippen LogP) is 2.29. The van der Waals surface area contributed by atoms with Crippen LogP contribution in [0.25, 0.3) is 0 Å². The summed E-state index contributed by atoms with van der Waals surface area (Å²) >= 11 is 1.32. The number of hydrogen-bond donors (Lipinski definition) is 1. The van der Waals surface area contributed by atoms with Gasteiger partial charge < -0.3 is 15.1 Å². The van der Waals surface area contributed by atoms with E-state index in [0.717, 1.165) is 43.1 Å². The predicted molar refractivity (Wildman–Crippen MR) is 113 cm³/mol. The van der Waals surface area contributed by atoms with Crippen LogP contribution in [0.5, 0.6) is 0 Å². The lowest BCUT2D eigenvalue weighted by atomic mass is 10.0. The molecule has 28 heavy (non-hydrogen) atoms. The standard InChI is InChI=1S/C19H26N4O3S2/c1-2-3-8-22-9-6-15(7-10-22)20-18(24)14-4-5-16-17(13-14)27-19-21-28(25,26)12-11-23(16)19/h4-5,13,15H,2-3,6-12H2,1H3,(H,20,24). The third-order valence-electron chi connectivity index (χ3n) is 5.49. The number of carbonyl (C=O) groups excluding carboxylic acids is 1. The quantitative estimate of drug-likeness (QED) is 0.784. The Hall–Kier alpha value is -1.58. The monoisotopic (exact) mass is 422 g/mol. The van der Waals surface area contributed by atoms with Gasteiger partial charge in [0.05, 0.1) is 11.4 Å². The summed E-state index contributed by atoms with van der Waals surface area (Å²) in [5, 5.41) is 3.65. The highest BCUT2D eigenvalue weighted by Crippen LogP contribution is 2.42. The van der Waals surface area contributed by atoms with Gasteiger partial charge in [0.15, 0.2) is 5.17 Å². The molecule has 1 aromatic carbocycles. The largest absolute Gasteiger partial charge is 0.349 e. The number of sulfonamides is 1. The minimum Gasteiger partial charge on any atom is -0.349 e. The van der Waals surface area contributed by atoms with Gasteiger partial charge in [0, 0.05) is 36.1 Å². The topological polar surface area (TPSA) is 82.1 Å². The molecule has 0 unspecified atom stereocenters. The lowest BCUT2D eigenvalue weighted by molar-refractivity contribution is 0.0910. The van der Waals surface area contributed by atoms with E-state index in [1.807, 2.05) is 23.1 Å². The molecule has 7 nitrogen and oxygen atoms in total. The molecule has 152 valence electrons. The van der Waals surface area contributed by atoms with Crippen molar-refractivity contribution in [2.24, 2.45) is 4.40 Å². The normalized spacial score (nSPS) is 21.8. The first-order valence-electron chi connectivity index (χ1n) is 9.90. The van der Waals surface area contributed by atoms with Gasteiger partial charge >= 0.3 is 0 Å². The molecule has 1 fully saturated rings. The van der Waals surface area contributed by atoms with Crippen molar-refractivity contribution in [2.45, 2.75) is 43.5 Å². The number of fused-ring (bicyclic) bond motifs is 3. The second-order valence-corrected chi connectivity index (χ2v) is 10.3. The van der Waals surface area contributed by atoms with Crippen LogP contribution in [-0.4, -0.2) is 62.4 Å². The van der Waals surface area contributed by atoms with Crippen LogP contribution in [0.4, 0.5) is 5.69 Å². The van der Waals surface area contributed by atoms with Gasteiger partial charge in [-0.05, 0) is 55.8 Å². The van der Waals surface area contributed by atoms with Crippen molar-refractivity contribution in [2.75, 3.05) is 36.8 Å². The number of carbonyl (C=O) groups is 1. The number of unbranched alkanes of at least 4 members (excludes halogenated alkanes) is 1. The second kappa shape index (κ2) is 8.04. The van der Waals surface area contributed by atoms with Crippen molar-refractivity contribution in [3.05, 3.63) is 23.8 Å². The Labute approximate surface area is 170 Å². The first-order chi connectivity index (χ1) is 13.4. The van der Waals surface area contributed by atoms with Crippen molar-refractivity contribution < 1.29 is 13.2 Å². The highest BCUT2D eigenvalue weighted by Gasteiger charge is 2.33. The number of likely N-dealkylation sites (tertiary alicyclic amines) is 1. The van der Waals surface area contributed by atoms with E-state index in [2.05, 4.69) is 21.5 Å². The highest BCUT2D eigenvalue weighted by molar-refractivity contribution is 8.15. The van der Waals surface area contributed by atoms with Crippen LogP contribution in [0.1, 0.15) is 43.0 Å². The first kappa shape index (κ1) is 19.7. The first-order valence-corrected chi connectivity index (χ1v) is 12.3. The van der Waals surface area contributed by atoms with E-state index in [9.17, 15) is 13.2 Å². The van der Waals surface area contributed by atoms with Gasteiger partial charge in [0.2, 0.25) is 0 Å². The molecule has 0 atom stereocenters. The van der Waals surface area contributed by atoms with Gasteiger partial charge in [-0.15, -0.1) is 4.40 Å². The molecule has 4 rings (SSSR count). The number of nitrogens with one attached hydrogen (secondary N) is 1. The van der Waals surface area contributed by atoms with Gasteiger partial charge in [0.1, 0.15) is 0 Å². The third kappa shape index (κ3) is 4.21. The van der Waals surface area contributed by atoms with E-state index >= 15 is 0 Å². The number of anilines is 1. The van der Waals surface area contributed by atoms with Crippen molar-refractivity contribution in [3.8, 4) is 0 Å². The van der Waals surface area contributed by atoms with Gasteiger partial charge in [-0.1, -0.05) is 13.3 Å². The molecule has 3 aliphatic heterocycles.